The maximum atomic E-state index is 12.4. The molecule has 0 aliphatic rings. The van der Waals surface area contributed by atoms with Gasteiger partial charge in [-0.05, 0) is 18.2 Å². The molecular weight excluding hydrogens is 321 g/mol. The number of urea groups is 1. The minimum Gasteiger partial charge on any atom is -0.336 e. The summed E-state index contributed by atoms with van der Waals surface area (Å²) in [7, 11) is 0. The fourth-order valence-electron chi connectivity index (χ4n) is 1.65. The predicted octanol–water partition coefficient (Wildman–Crippen LogP) is 3.38. The molecule has 2 N–H and O–H groups in total. The van der Waals surface area contributed by atoms with Gasteiger partial charge in [-0.15, -0.1) is 0 Å². The Bertz CT molecular complexity index is 657. The van der Waals surface area contributed by atoms with Gasteiger partial charge >= 0.3 is 12.2 Å². The van der Waals surface area contributed by atoms with Crippen molar-refractivity contribution in [3.8, 4) is 0 Å². The molecule has 2 rings (SSSR count). The molecule has 0 aliphatic carbocycles. The number of nitrogens with one attached hydrogen (secondary N) is 2. The Morgan fingerprint density at radius 2 is 2.00 bits per heavy atom. The highest BCUT2D eigenvalue weighted by Gasteiger charge is 2.33. The van der Waals surface area contributed by atoms with E-state index in [1.165, 1.54) is 6.20 Å². The molecule has 0 radical (unpaired) electrons. The number of alkyl halides is 3. The topological polar surface area (TPSA) is 59.0 Å². The molecule has 0 aliphatic heterocycles. The summed E-state index contributed by atoms with van der Waals surface area (Å²) in [6, 6.07) is 7.07. The first-order valence-electron chi connectivity index (χ1n) is 6.26. The highest BCUT2D eigenvalue weighted by atomic mass is 35.5. The Labute approximate surface area is 129 Å². The Morgan fingerprint density at radius 3 is 2.64 bits per heavy atom. The summed E-state index contributed by atoms with van der Waals surface area (Å²) in [6.45, 7) is 0.237. The van der Waals surface area contributed by atoms with Crippen LogP contribution in [0.1, 0.15) is 5.69 Å². The van der Waals surface area contributed by atoms with Gasteiger partial charge in [0.1, 0.15) is 0 Å². The lowest BCUT2D eigenvalue weighted by Gasteiger charge is -2.09. The standard InChI is InChI=1S/C13H12ClF3N4O/c14-9-3-1-2-4-10(9)19-12(22)18-6-8-21-7-5-11(20-21)13(15,16)17/h1-5,7H,6,8H2,(H2,18,19,22). The number of carbonyl (C=O) groups excluding carboxylic acids is 1. The van der Waals surface area contributed by atoms with Crippen molar-refractivity contribution in [2.24, 2.45) is 0 Å². The Hall–Kier alpha value is -2.22. The third-order valence-electron chi connectivity index (χ3n) is 2.68. The molecule has 0 bridgehead atoms. The molecule has 0 saturated heterocycles. The number of aromatic nitrogens is 2. The van der Waals surface area contributed by atoms with Crippen LogP contribution in [0.3, 0.4) is 0 Å². The van der Waals surface area contributed by atoms with E-state index >= 15 is 0 Å². The quantitative estimate of drug-likeness (QED) is 0.901. The molecule has 1 aromatic carbocycles. The Kier molecular flexibility index (Phi) is 4.92. The normalized spacial score (nSPS) is 11.3. The van der Waals surface area contributed by atoms with Gasteiger partial charge in [-0.3, -0.25) is 4.68 Å². The zero-order valence-electron chi connectivity index (χ0n) is 11.2. The van der Waals surface area contributed by atoms with Crippen molar-refractivity contribution in [1.82, 2.24) is 15.1 Å². The molecule has 1 heterocycles. The average Bonchev–Trinajstić information content (AvgIpc) is 2.90. The van der Waals surface area contributed by atoms with Gasteiger partial charge < -0.3 is 10.6 Å². The molecule has 0 spiro atoms. The number of nitrogens with zero attached hydrogens (tertiary/aromatic N) is 2. The number of hydrogen-bond donors (Lipinski definition) is 2. The fourth-order valence-corrected chi connectivity index (χ4v) is 1.83. The first kappa shape index (κ1) is 16.2. The van der Waals surface area contributed by atoms with E-state index in [-0.39, 0.29) is 13.1 Å². The zero-order chi connectivity index (χ0) is 16.2. The van der Waals surface area contributed by atoms with E-state index in [2.05, 4.69) is 15.7 Å². The monoisotopic (exact) mass is 332 g/mol. The number of carbonyl (C=O) groups is 1. The molecule has 9 heteroatoms. The van der Waals surface area contributed by atoms with Crippen molar-refractivity contribution in [2.45, 2.75) is 12.7 Å². The molecule has 0 fully saturated rings. The minimum absolute atomic E-state index is 0.117. The summed E-state index contributed by atoms with van der Waals surface area (Å²) in [6.07, 6.45) is -3.27. The summed E-state index contributed by atoms with van der Waals surface area (Å²) in [5, 5.41) is 8.80. The predicted molar refractivity (Wildman–Crippen MR) is 75.7 cm³/mol. The van der Waals surface area contributed by atoms with Crippen LogP contribution in [-0.4, -0.2) is 22.4 Å². The van der Waals surface area contributed by atoms with E-state index in [9.17, 15) is 18.0 Å². The number of halogens is 4. The summed E-state index contributed by atoms with van der Waals surface area (Å²) in [5.41, 5.74) is -0.520. The zero-order valence-corrected chi connectivity index (χ0v) is 11.9. The van der Waals surface area contributed by atoms with Crippen LogP contribution in [0.5, 0.6) is 0 Å². The molecule has 5 nitrogen and oxygen atoms in total. The Morgan fingerprint density at radius 1 is 1.27 bits per heavy atom. The smallest absolute Gasteiger partial charge is 0.336 e. The van der Waals surface area contributed by atoms with E-state index in [0.29, 0.717) is 10.7 Å². The molecule has 0 unspecified atom stereocenters. The van der Waals surface area contributed by atoms with Crippen molar-refractivity contribution >= 4 is 23.3 Å². The third-order valence-corrected chi connectivity index (χ3v) is 3.01. The molecule has 2 aromatic rings. The third kappa shape index (κ3) is 4.39. The number of benzene rings is 1. The maximum absolute atomic E-state index is 12.4. The first-order chi connectivity index (χ1) is 10.4. The van der Waals surface area contributed by atoms with E-state index in [1.807, 2.05) is 0 Å². The van der Waals surface area contributed by atoms with Crippen molar-refractivity contribution in [3.63, 3.8) is 0 Å². The molecule has 2 amide bonds. The second kappa shape index (κ2) is 6.69. The van der Waals surface area contributed by atoms with Gasteiger partial charge in [-0.25, -0.2) is 4.79 Å². The fraction of sp³-hybridized carbons (Fsp3) is 0.231. The van der Waals surface area contributed by atoms with Crippen molar-refractivity contribution in [1.29, 1.82) is 0 Å². The molecule has 0 atom stereocenters. The summed E-state index contributed by atoms with van der Waals surface area (Å²) in [5.74, 6) is 0. The average molecular weight is 333 g/mol. The number of rotatable bonds is 4. The van der Waals surface area contributed by atoms with Gasteiger partial charge in [0.2, 0.25) is 0 Å². The van der Waals surface area contributed by atoms with Crippen molar-refractivity contribution in [3.05, 3.63) is 47.2 Å². The van der Waals surface area contributed by atoms with Crippen LogP contribution >= 0.6 is 11.6 Å². The van der Waals surface area contributed by atoms with Gasteiger partial charge in [0.25, 0.3) is 0 Å². The van der Waals surface area contributed by atoms with E-state index in [4.69, 9.17) is 11.6 Å². The first-order valence-corrected chi connectivity index (χ1v) is 6.64. The molecule has 0 saturated carbocycles. The second-order valence-electron chi connectivity index (χ2n) is 4.32. The van der Waals surface area contributed by atoms with Crippen molar-refractivity contribution < 1.29 is 18.0 Å². The lowest BCUT2D eigenvalue weighted by Crippen LogP contribution is -2.31. The number of hydrogen-bond acceptors (Lipinski definition) is 2. The Balaban J connectivity index is 1.80. The van der Waals surface area contributed by atoms with Crippen LogP contribution in [0.15, 0.2) is 36.5 Å². The van der Waals surface area contributed by atoms with Crippen LogP contribution in [0, 0.1) is 0 Å². The van der Waals surface area contributed by atoms with Crippen LogP contribution in [-0.2, 0) is 12.7 Å². The van der Waals surface area contributed by atoms with Gasteiger partial charge in [0.15, 0.2) is 5.69 Å². The molecule has 1 aromatic heterocycles. The summed E-state index contributed by atoms with van der Waals surface area (Å²) >= 11 is 5.88. The molecule has 22 heavy (non-hydrogen) atoms. The van der Waals surface area contributed by atoms with E-state index < -0.39 is 17.9 Å². The van der Waals surface area contributed by atoms with Crippen LogP contribution in [0.4, 0.5) is 23.7 Å². The lowest BCUT2D eigenvalue weighted by molar-refractivity contribution is -0.141. The largest absolute Gasteiger partial charge is 0.435 e. The lowest BCUT2D eigenvalue weighted by atomic mass is 10.3. The van der Waals surface area contributed by atoms with E-state index in [1.54, 1.807) is 24.3 Å². The van der Waals surface area contributed by atoms with Gasteiger partial charge in [0.05, 0.1) is 17.3 Å². The number of amides is 2. The van der Waals surface area contributed by atoms with Crippen LogP contribution < -0.4 is 10.6 Å². The van der Waals surface area contributed by atoms with Gasteiger partial charge in [0, 0.05) is 12.7 Å². The second-order valence-corrected chi connectivity index (χ2v) is 4.73. The van der Waals surface area contributed by atoms with Crippen molar-refractivity contribution in [2.75, 3.05) is 11.9 Å². The maximum Gasteiger partial charge on any atom is 0.435 e. The highest BCUT2D eigenvalue weighted by molar-refractivity contribution is 6.33. The van der Waals surface area contributed by atoms with Gasteiger partial charge in [-0.2, -0.15) is 18.3 Å². The summed E-state index contributed by atoms with van der Waals surface area (Å²) in [4.78, 5) is 11.6. The SMILES string of the molecule is O=C(NCCn1ccc(C(F)(F)F)n1)Nc1ccccc1Cl. The van der Waals surface area contributed by atoms with Gasteiger partial charge in [-0.1, -0.05) is 23.7 Å². The highest BCUT2D eigenvalue weighted by Crippen LogP contribution is 2.27. The van der Waals surface area contributed by atoms with Crippen LogP contribution in [0.2, 0.25) is 5.02 Å². The number of para-hydroxylation sites is 1. The minimum atomic E-state index is -4.47. The summed E-state index contributed by atoms with van der Waals surface area (Å²) < 4.78 is 38.2. The van der Waals surface area contributed by atoms with Crippen LogP contribution in [0.25, 0.3) is 0 Å². The van der Waals surface area contributed by atoms with E-state index in [0.717, 1.165) is 10.7 Å². The number of anilines is 1. The molecule has 118 valence electrons. The molecular formula is C13H12ClF3N4O.